The van der Waals surface area contributed by atoms with Crippen LogP contribution in [0.25, 0.3) is 5.76 Å². The second kappa shape index (κ2) is 11.0. The van der Waals surface area contributed by atoms with Gasteiger partial charge in [0, 0.05) is 57.9 Å². The van der Waals surface area contributed by atoms with Crippen molar-refractivity contribution in [2.24, 2.45) is 0 Å². The summed E-state index contributed by atoms with van der Waals surface area (Å²) in [6.45, 7) is 5.64. The number of rotatable bonds is 8. The number of morpholine rings is 1. The normalized spacial score (nSPS) is 22.8. The number of aliphatic hydroxyl groups excluding tert-OH is 1. The molecule has 0 saturated carbocycles. The second-order valence-electron chi connectivity index (χ2n) is 10.4. The molecule has 3 aliphatic rings. The Morgan fingerprint density at radius 3 is 2.29 bits per heavy atom. The van der Waals surface area contributed by atoms with E-state index in [0.29, 0.717) is 44.0 Å². The van der Waals surface area contributed by atoms with E-state index in [0.717, 1.165) is 17.4 Å². The fourth-order valence-electron chi connectivity index (χ4n) is 5.90. The molecule has 41 heavy (non-hydrogen) atoms. The van der Waals surface area contributed by atoms with E-state index in [4.69, 9.17) is 4.74 Å². The smallest absolute Gasteiger partial charge is 0.296 e. The maximum absolute atomic E-state index is 14.3. The molecule has 0 aromatic heterocycles. The molecule has 1 N–H and O–H groups in total. The van der Waals surface area contributed by atoms with Crippen molar-refractivity contribution in [2.75, 3.05) is 64.9 Å². The summed E-state index contributed by atoms with van der Waals surface area (Å²) in [6, 6.07) is 12.4. The fraction of sp³-hybridized carbons (Fsp3) is 0.414. The number of benzene rings is 2. The lowest BCUT2D eigenvalue weighted by Gasteiger charge is -2.35. The second-order valence-corrected chi connectivity index (χ2v) is 12.6. The number of anilines is 1. The predicted octanol–water partition coefficient (Wildman–Crippen LogP) is 1.60. The zero-order chi connectivity index (χ0) is 29.5. The van der Waals surface area contributed by atoms with Crippen molar-refractivity contribution in [3.8, 4) is 0 Å². The van der Waals surface area contributed by atoms with Gasteiger partial charge in [0.15, 0.2) is 5.54 Å². The number of amides is 2. The molecule has 2 amide bonds. The van der Waals surface area contributed by atoms with E-state index < -0.39 is 38.9 Å². The van der Waals surface area contributed by atoms with Gasteiger partial charge in [-0.2, -0.15) is 0 Å². The highest BCUT2D eigenvalue weighted by Crippen LogP contribution is 2.53. The van der Waals surface area contributed by atoms with Crippen molar-refractivity contribution in [1.29, 1.82) is 0 Å². The Hall–Kier alpha value is -3.58. The van der Waals surface area contributed by atoms with Crippen LogP contribution in [0, 0.1) is 0 Å². The van der Waals surface area contributed by atoms with Gasteiger partial charge in [-0.15, -0.1) is 0 Å². The highest BCUT2D eigenvalue weighted by Gasteiger charge is 2.66. The molecule has 1 atom stereocenters. The van der Waals surface area contributed by atoms with Crippen LogP contribution >= 0.6 is 0 Å². The molecule has 12 heteroatoms. The third-order valence-corrected chi connectivity index (χ3v) is 9.82. The molecule has 3 heterocycles. The number of nitrogens with zero attached hydrogens (tertiary/aromatic N) is 4. The quantitative estimate of drug-likeness (QED) is 0.283. The molecule has 2 aromatic carbocycles. The number of ketones is 1. The molecule has 5 rings (SSSR count). The molecular formula is C29H34N4O7S. The topological polar surface area (TPSA) is 128 Å². The maximum atomic E-state index is 14.3. The summed E-state index contributed by atoms with van der Waals surface area (Å²) in [5.41, 5.74) is -1.02. The standard InChI is InChI=1S/C29H34N4O7S/c1-4-32-23-9-6-5-8-22(23)29(28(32)37)24(25(34)20-10-12-21(13-11-20)41(38,39)30(2)3)26(35)27(36)33(29)15-7-14-31-16-18-40-19-17-31/h5-6,8-13,34H,4,7,14-19H2,1-3H3/t29-/m1/s1. The molecule has 0 bridgehead atoms. The number of aliphatic hydroxyl groups is 1. The van der Waals surface area contributed by atoms with Crippen molar-refractivity contribution < 1.29 is 32.6 Å². The summed E-state index contributed by atoms with van der Waals surface area (Å²) in [5.74, 6) is -2.84. The Morgan fingerprint density at radius 1 is 1.00 bits per heavy atom. The summed E-state index contributed by atoms with van der Waals surface area (Å²) >= 11 is 0. The van der Waals surface area contributed by atoms with Gasteiger partial charge in [-0.1, -0.05) is 18.2 Å². The van der Waals surface area contributed by atoms with Crippen LogP contribution in [-0.2, 0) is 34.7 Å². The van der Waals surface area contributed by atoms with E-state index in [-0.39, 0.29) is 22.6 Å². The van der Waals surface area contributed by atoms with E-state index in [1.165, 1.54) is 48.2 Å². The molecule has 2 saturated heterocycles. The van der Waals surface area contributed by atoms with E-state index in [9.17, 15) is 27.9 Å². The number of likely N-dealkylation sites (tertiary alicyclic amines) is 1. The number of hydrogen-bond donors (Lipinski definition) is 1. The predicted molar refractivity (Wildman–Crippen MR) is 152 cm³/mol. The Balaban J connectivity index is 1.63. The molecule has 3 aliphatic heterocycles. The van der Waals surface area contributed by atoms with Gasteiger partial charge in [-0.3, -0.25) is 19.3 Å². The third-order valence-electron chi connectivity index (χ3n) is 7.99. The zero-order valence-corrected chi connectivity index (χ0v) is 24.2. The minimum atomic E-state index is -3.73. The number of ether oxygens (including phenoxy) is 1. The first-order valence-electron chi connectivity index (χ1n) is 13.6. The summed E-state index contributed by atoms with van der Waals surface area (Å²) in [4.78, 5) is 46.7. The van der Waals surface area contributed by atoms with Gasteiger partial charge in [0.2, 0.25) is 10.0 Å². The summed E-state index contributed by atoms with van der Waals surface area (Å²) in [6.07, 6.45) is 0.507. The molecule has 2 aromatic rings. The van der Waals surface area contributed by atoms with Crippen LogP contribution in [0.1, 0.15) is 24.5 Å². The lowest BCUT2D eigenvalue weighted by atomic mass is 9.82. The Labute approximate surface area is 239 Å². The van der Waals surface area contributed by atoms with Crippen LogP contribution in [0.15, 0.2) is 59.0 Å². The van der Waals surface area contributed by atoms with Crippen LogP contribution in [0.2, 0.25) is 0 Å². The van der Waals surface area contributed by atoms with Crippen LogP contribution in [-0.4, -0.2) is 105 Å². The monoisotopic (exact) mass is 582 g/mol. The molecular weight excluding hydrogens is 548 g/mol. The highest BCUT2D eigenvalue weighted by atomic mass is 32.2. The van der Waals surface area contributed by atoms with E-state index >= 15 is 0 Å². The van der Waals surface area contributed by atoms with Crippen LogP contribution in [0.4, 0.5) is 5.69 Å². The number of likely N-dealkylation sites (N-methyl/N-ethyl adjacent to an activating group) is 1. The van der Waals surface area contributed by atoms with Crippen LogP contribution in [0.3, 0.4) is 0 Å². The Bertz CT molecular complexity index is 1510. The van der Waals surface area contributed by atoms with Crippen LogP contribution in [0.5, 0.6) is 0 Å². The molecule has 2 fully saturated rings. The zero-order valence-electron chi connectivity index (χ0n) is 23.4. The van der Waals surface area contributed by atoms with Gasteiger partial charge in [0.25, 0.3) is 17.6 Å². The maximum Gasteiger partial charge on any atom is 0.296 e. The minimum absolute atomic E-state index is 0.00299. The first kappa shape index (κ1) is 28.9. The average molecular weight is 583 g/mol. The Kier molecular flexibility index (Phi) is 7.77. The lowest BCUT2D eigenvalue weighted by Crippen LogP contribution is -2.52. The van der Waals surface area contributed by atoms with Gasteiger partial charge in [-0.25, -0.2) is 12.7 Å². The first-order chi connectivity index (χ1) is 19.6. The molecule has 0 radical (unpaired) electrons. The SMILES string of the molecule is CCN1C(=O)[C@]2(C(=C(O)c3ccc(S(=O)(=O)N(C)C)cc3)C(=O)C(=O)N2CCCN2CCOCC2)c2ccccc21. The number of carbonyl (C=O) groups is 3. The molecule has 11 nitrogen and oxygen atoms in total. The fourth-order valence-corrected chi connectivity index (χ4v) is 6.80. The molecule has 0 aliphatic carbocycles. The van der Waals surface area contributed by atoms with Gasteiger partial charge in [0.1, 0.15) is 5.76 Å². The number of carbonyl (C=O) groups excluding carboxylic acids is 3. The van der Waals surface area contributed by atoms with Gasteiger partial charge >= 0.3 is 0 Å². The lowest BCUT2D eigenvalue weighted by molar-refractivity contribution is -0.143. The van der Waals surface area contributed by atoms with Crippen molar-refractivity contribution in [1.82, 2.24) is 14.1 Å². The van der Waals surface area contributed by atoms with E-state index in [1.54, 1.807) is 24.3 Å². The summed E-state index contributed by atoms with van der Waals surface area (Å²) in [5, 5.41) is 11.6. The number of fused-ring (bicyclic) bond motifs is 2. The number of Topliss-reactive ketones (excluding diaryl/α,β-unsaturated/α-hetero) is 1. The van der Waals surface area contributed by atoms with Crippen molar-refractivity contribution >= 4 is 39.1 Å². The third kappa shape index (κ3) is 4.55. The van der Waals surface area contributed by atoms with Crippen molar-refractivity contribution in [3.05, 3.63) is 65.2 Å². The number of para-hydroxylation sites is 1. The highest BCUT2D eigenvalue weighted by molar-refractivity contribution is 7.89. The molecule has 1 spiro atoms. The Morgan fingerprint density at radius 2 is 1.66 bits per heavy atom. The molecule has 0 unspecified atom stereocenters. The minimum Gasteiger partial charge on any atom is -0.507 e. The largest absolute Gasteiger partial charge is 0.507 e. The summed E-state index contributed by atoms with van der Waals surface area (Å²) < 4.78 is 31.6. The first-order valence-corrected chi connectivity index (χ1v) is 15.0. The number of hydrogen-bond acceptors (Lipinski definition) is 8. The van der Waals surface area contributed by atoms with E-state index in [2.05, 4.69) is 4.90 Å². The van der Waals surface area contributed by atoms with E-state index in [1.807, 2.05) is 6.92 Å². The number of sulfonamides is 1. The van der Waals surface area contributed by atoms with Crippen LogP contribution < -0.4 is 4.90 Å². The van der Waals surface area contributed by atoms with Gasteiger partial charge in [0.05, 0.1) is 29.4 Å². The van der Waals surface area contributed by atoms with Crippen molar-refractivity contribution in [3.63, 3.8) is 0 Å². The molecule has 218 valence electrons. The van der Waals surface area contributed by atoms with Gasteiger partial charge in [-0.05, 0) is 43.7 Å². The van der Waals surface area contributed by atoms with Crippen molar-refractivity contribution in [2.45, 2.75) is 23.8 Å². The summed E-state index contributed by atoms with van der Waals surface area (Å²) in [7, 11) is -0.918. The average Bonchev–Trinajstić information content (AvgIpc) is 3.35. The van der Waals surface area contributed by atoms with Gasteiger partial charge < -0.3 is 19.6 Å².